The summed E-state index contributed by atoms with van der Waals surface area (Å²) in [6, 6.07) is 9.32. The van der Waals surface area contributed by atoms with Crippen LogP contribution in [0.4, 0.5) is 0 Å². The van der Waals surface area contributed by atoms with Crippen molar-refractivity contribution in [3.8, 4) is 22.0 Å². The monoisotopic (exact) mass is 407 g/mol. The molecule has 4 rings (SSSR count). The summed E-state index contributed by atoms with van der Waals surface area (Å²) < 4.78 is 29.8. The molecule has 0 bridgehead atoms. The van der Waals surface area contributed by atoms with E-state index in [4.69, 9.17) is 11.6 Å². The summed E-state index contributed by atoms with van der Waals surface area (Å²) in [5.41, 5.74) is 3.26. The minimum Gasteiger partial charge on any atom is -0.345 e. The first-order chi connectivity index (χ1) is 12.3. The highest BCUT2D eigenvalue weighted by atomic mass is 35.5. The Morgan fingerprint density at radius 2 is 2.08 bits per heavy atom. The molecule has 0 spiro atoms. The topological polar surface area (TPSA) is 64.0 Å². The fourth-order valence-electron chi connectivity index (χ4n) is 2.80. The second-order valence-corrected chi connectivity index (χ2v) is 9.46. The predicted molar refractivity (Wildman–Crippen MR) is 105 cm³/mol. The number of benzene rings is 1. The van der Waals surface area contributed by atoms with E-state index in [0.717, 1.165) is 34.8 Å². The second-order valence-electron chi connectivity index (χ2n) is 6.48. The SMILES string of the molecule is Cc1c(S(=O)(=O)NC2CC2)cc(-c2nc(-c3cccc(Cl)c3)cs2)n1C. The molecule has 1 aromatic carbocycles. The Morgan fingerprint density at radius 1 is 1.31 bits per heavy atom. The maximum absolute atomic E-state index is 12.6. The van der Waals surface area contributed by atoms with Crippen LogP contribution in [0.5, 0.6) is 0 Å². The number of hydrogen-bond acceptors (Lipinski definition) is 4. The lowest BCUT2D eigenvalue weighted by molar-refractivity contribution is 0.580. The van der Waals surface area contributed by atoms with Crippen molar-refractivity contribution in [2.75, 3.05) is 0 Å². The zero-order valence-corrected chi connectivity index (χ0v) is 16.7. The van der Waals surface area contributed by atoms with Gasteiger partial charge in [-0.1, -0.05) is 23.7 Å². The van der Waals surface area contributed by atoms with Crippen molar-refractivity contribution in [3.05, 3.63) is 46.4 Å². The van der Waals surface area contributed by atoms with E-state index in [2.05, 4.69) is 9.71 Å². The minimum atomic E-state index is -3.50. The number of thiazole rings is 1. The Balaban J connectivity index is 1.72. The molecule has 1 saturated carbocycles. The molecule has 3 aromatic rings. The van der Waals surface area contributed by atoms with Gasteiger partial charge in [-0.2, -0.15) is 0 Å². The first kappa shape index (κ1) is 17.7. The highest BCUT2D eigenvalue weighted by Crippen LogP contribution is 2.33. The maximum atomic E-state index is 12.6. The molecule has 1 fully saturated rings. The molecule has 0 radical (unpaired) electrons. The number of aromatic nitrogens is 2. The molecule has 1 N–H and O–H groups in total. The third kappa shape index (κ3) is 3.32. The van der Waals surface area contributed by atoms with Crippen LogP contribution < -0.4 is 4.72 Å². The van der Waals surface area contributed by atoms with Crippen LogP contribution in [0, 0.1) is 6.92 Å². The summed E-state index contributed by atoms with van der Waals surface area (Å²) in [4.78, 5) is 5.01. The minimum absolute atomic E-state index is 0.0809. The summed E-state index contributed by atoms with van der Waals surface area (Å²) >= 11 is 7.55. The summed E-state index contributed by atoms with van der Waals surface area (Å²) in [6.07, 6.45) is 1.82. The van der Waals surface area contributed by atoms with Crippen LogP contribution in [0.2, 0.25) is 5.02 Å². The molecule has 0 unspecified atom stereocenters. The molecule has 2 heterocycles. The van der Waals surface area contributed by atoms with Gasteiger partial charge in [0.1, 0.15) is 9.90 Å². The summed E-state index contributed by atoms with van der Waals surface area (Å²) in [5.74, 6) is 0. The van der Waals surface area contributed by atoms with Crippen LogP contribution in [0.1, 0.15) is 18.5 Å². The maximum Gasteiger partial charge on any atom is 0.242 e. The molecule has 2 aromatic heterocycles. The number of sulfonamides is 1. The lowest BCUT2D eigenvalue weighted by Crippen LogP contribution is -2.26. The van der Waals surface area contributed by atoms with Crippen molar-refractivity contribution in [1.82, 2.24) is 14.3 Å². The van der Waals surface area contributed by atoms with Gasteiger partial charge in [-0.25, -0.2) is 18.1 Å². The largest absolute Gasteiger partial charge is 0.345 e. The van der Waals surface area contributed by atoms with E-state index in [1.807, 2.05) is 48.2 Å². The molecule has 1 aliphatic rings. The molecule has 136 valence electrons. The summed E-state index contributed by atoms with van der Waals surface area (Å²) in [6.45, 7) is 1.82. The molecule has 5 nitrogen and oxygen atoms in total. The zero-order valence-electron chi connectivity index (χ0n) is 14.4. The van der Waals surface area contributed by atoms with Crippen molar-refractivity contribution in [3.63, 3.8) is 0 Å². The lowest BCUT2D eigenvalue weighted by Gasteiger charge is -2.05. The van der Waals surface area contributed by atoms with Crippen LogP contribution in [0.3, 0.4) is 0 Å². The highest BCUT2D eigenvalue weighted by molar-refractivity contribution is 7.89. The van der Waals surface area contributed by atoms with E-state index in [9.17, 15) is 8.42 Å². The number of nitrogens with one attached hydrogen (secondary N) is 1. The molecule has 0 saturated heterocycles. The predicted octanol–water partition coefficient (Wildman–Crippen LogP) is 4.22. The molecule has 8 heteroatoms. The summed E-state index contributed by atoms with van der Waals surface area (Å²) in [5, 5.41) is 3.39. The Bertz CT molecular complexity index is 1080. The fraction of sp³-hybridized carbons (Fsp3) is 0.278. The van der Waals surface area contributed by atoms with E-state index in [-0.39, 0.29) is 6.04 Å². The van der Waals surface area contributed by atoms with E-state index in [1.165, 1.54) is 11.3 Å². The van der Waals surface area contributed by atoms with E-state index < -0.39 is 10.0 Å². The Hall–Kier alpha value is -1.67. The first-order valence-electron chi connectivity index (χ1n) is 8.25. The zero-order chi connectivity index (χ0) is 18.5. The summed E-state index contributed by atoms with van der Waals surface area (Å²) in [7, 11) is -1.64. The molecular weight excluding hydrogens is 390 g/mol. The van der Waals surface area contributed by atoms with Crippen molar-refractivity contribution >= 4 is 33.0 Å². The number of hydrogen-bond donors (Lipinski definition) is 1. The van der Waals surface area contributed by atoms with Gasteiger partial charge >= 0.3 is 0 Å². The number of halogens is 1. The average molecular weight is 408 g/mol. The van der Waals surface area contributed by atoms with Gasteiger partial charge in [0.05, 0.1) is 11.4 Å². The van der Waals surface area contributed by atoms with E-state index in [0.29, 0.717) is 15.6 Å². The van der Waals surface area contributed by atoms with Crippen molar-refractivity contribution in [2.24, 2.45) is 7.05 Å². The normalized spacial score (nSPS) is 14.7. The smallest absolute Gasteiger partial charge is 0.242 e. The van der Waals surface area contributed by atoms with Gasteiger partial charge in [-0.05, 0) is 38.0 Å². The Labute approximate surface area is 161 Å². The first-order valence-corrected chi connectivity index (χ1v) is 11.0. The molecule has 0 amide bonds. The second kappa shape index (κ2) is 6.49. The van der Waals surface area contributed by atoms with E-state index >= 15 is 0 Å². The van der Waals surface area contributed by atoms with Crippen LogP contribution >= 0.6 is 22.9 Å². The van der Waals surface area contributed by atoms with Crippen molar-refractivity contribution < 1.29 is 8.42 Å². The third-order valence-electron chi connectivity index (χ3n) is 4.52. The Morgan fingerprint density at radius 3 is 2.77 bits per heavy atom. The van der Waals surface area contributed by atoms with Gasteiger partial charge in [-0.15, -0.1) is 11.3 Å². The van der Waals surface area contributed by atoms with Crippen molar-refractivity contribution in [2.45, 2.75) is 30.7 Å². The van der Waals surface area contributed by atoms with Crippen LogP contribution in [-0.4, -0.2) is 24.0 Å². The molecule has 1 aliphatic carbocycles. The number of rotatable bonds is 5. The van der Waals surface area contributed by atoms with Gasteiger partial charge in [0.2, 0.25) is 10.0 Å². The standard InChI is InChI=1S/C18H18ClN3O2S2/c1-11-17(26(23,24)21-14-6-7-14)9-16(22(11)2)18-20-15(10-25-18)12-4-3-5-13(19)8-12/h3-5,8-10,14,21H,6-7H2,1-2H3. The van der Waals surface area contributed by atoms with Crippen LogP contribution in [0.15, 0.2) is 40.6 Å². The van der Waals surface area contributed by atoms with Gasteiger partial charge in [0.15, 0.2) is 0 Å². The van der Waals surface area contributed by atoms with Gasteiger partial charge < -0.3 is 4.57 Å². The van der Waals surface area contributed by atoms with Gasteiger partial charge in [-0.3, -0.25) is 0 Å². The number of nitrogens with zero attached hydrogens (tertiary/aromatic N) is 2. The van der Waals surface area contributed by atoms with Gasteiger partial charge in [0, 0.05) is 34.7 Å². The third-order valence-corrected chi connectivity index (χ3v) is 7.26. The van der Waals surface area contributed by atoms with Crippen molar-refractivity contribution in [1.29, 1.82) is 0 Å². The quantitative estimate of drug-likeness (QED) is 0.688. The lowest BCUT2D eigenvalue weighted by atomic mass is 10.2. The average Bonchev–Trinajstić information content (AvgIpc) is 3.15. The molecule has 0 aliphatic heterocycles. The molecule has 0 atom stereocenters. The molecule has 26 heavy (non-hydrogen) atoms. The van der Waals surface area contributed by atoms with E-state index in [1.54, 1.807) is 6.07 Å². The highest BCUT2D eigenvalue weighted by Gasteiger charge is 2.30. The fourth-order valence-corrected chi connectivity index (χ4v) is 5.47. The van der Waals surface area contributed by atoms with Gasteiger partial charge in [0.25, 0.3) is 0 Å². The molecular formula is C18H18ClN3O2S2. The van der Waals surface area contributed by atoms with Crippen LogP contribution in [-0.2, 0) is 17.1 Å². The Kier molecular flexibility index (Phi) is 4.43. The van der Waals surface area contributed by atoms with Crippen LogP contribution in [0.25, 0.3) is 22.0 Å².